The number of hydrogen-bond acceptors (Lipinski definition) is 4. The second-order valence-electron chi connectivity index (χ2n) is 5.67. The average Bonchev–Trinajstić information content (AvgIpc) is 2.97. The molecule has 0 bridgehead atoms. The molecule has 1 aliphatic carbocycles. The van der Waals surface area contributed by atoms with E-state index in [1.807, 2.05) is 12.4 Å². The zero-order valence-electron chi connectivity index (χ0n) is 11.7. The predicted molar refractivity (Wildman–Crippen MR) is 79.9 cm³/mol. The monoisotopic (exact) mass is 293 g/mol. The lowest BCUT2D eigenvalue weighted by Gasteiger charge is -2.34. The Morgan fingerprint density at radius 2 is 2.15 bits per heavy atom. The molecule has 5 nitrogen and oxygen atoms in total. The zero-order valence-corrected chi connectivity index (χ0v) is 12.6. The molecule has 0 aromatic carbocycles. The highest BCUT2D eigenvalue weighted by Crippen LogP contribution is 2.31. The number of imidazole rings is 1. The van der Waals surface area contributed by atoms with Gasteiger partial charge in [-0.05, 0) is 31.6 Å². The van der Waals surface area contributed by atoms with Crippen LogP contribution in [0, 0.1) is 5.92 Å². The van der Waals surface area contributed by atoms with Gasteiger partial charge in [-0.2, -0.15) is 0 Å². The Labute approximate surface area is 121 Å². The van der Waals surface area contributed by atoms with Crippen molar-refractivity contribution in [1.29, 1.82) is 0 Å². The number of fused-ring (bicyclic) bond motifs is 1. The van der Waals surface area contributed by atoms with Crippen LogP contribution in [-0.4, -0.2) is 33.6 Å². The summed E-state index contributed by atoms with van der Waals surface area (Å²) < 4.78 is 1.67. The third-order valence-electron chi connectivity index (χ3n) is 4.31. The SMILES string of the molecule is CC1CCC(N(C)c2nc3sccn3c2C(=O)O)CC1. The highest BCUT2D eigenvalue weighted by Gasteiger charge is 2.28. The van der Waals surface area contributed by atoms with Crippen molar-refractivity contribution >= 4 is 28.1 Å². The molecule has 2 heterocycles. The number of anilines is 1. The zero-order chi connectivity index (χ0) is 14.3. The van der Waals surface area contributed by atoms with Crippen molar-refractivity contribution in [2.45, 2.75) is 38.6 Å². The molecule has 6 heteroatoms. The van der Waals surface area contributed by atoms with Gasteiger partial charge in [0.25, 0.3) is 0 Å². The standard InChI is InChI=1S/C14H19N3O2S/c1-9-3-5-10(6-4-9)16(2)12-11(13(18)19)17-7-8-20-14(17)15-12/h7-10H,3-6H2,1-2H3,(H,18,19). The molecule has 108 valence electrons. The van der Waals surface area contributed by atoms with E-state index in [-0.39, 0.29) is 5.69 Å². The smallest absolute Gasteiger partial charge is 0.356 e. The second-order valence-corrected chi connectivity index (χ2v) is 6.54. The Bertz CT molecular complexity index is 625. The summed E-state index contributed by atoms with van der Waals surface area (Å²) in [6, 6.07) is 0.397. The number of hydrogen-bond donors (Lipinski definition) is 1. The molecule has 1 fully saturated rings. The predicted octanol–water partition coefficient (Wildman–Crippen LogP) is 3.11. The number of thiazole rings is 1. The van der Waals surface area contributed by atoms with Crippen LogP contribution in [0.3, 0.4) is 0 Å². The Kier molecular flexibility index (Phi) is 3.41. The maximum absolute atomic E-state index is 11.6. The summed E-state index contributed by atoms with van der Waals surface area (Å²) in [4.78, 5) is 18.9. The van der Waals surface area contributed by atoms with E-state index in [1.165, 1.54) is 24.2 Å². The van der Waals surface area contributed by atoms with Gasteiger partial charge in [0.2, 0.25) is 0 Å². The van der Waals surface area contributed by atoms with E-state index in [4.69, 9.17) is 0 Å². The van der Waals surface area contributed by atoms with E-state index in [0.717, 1.165) is 23.7 Å². The quantitative estimate of drug-likeness (QED) is 0.944. The number of carbonyl (C=O) groups is 1. The number of aromatic nitrogens is 2. The van der Waals surface area contributed by atoms with Crippen molar-refractivity contribution in [1.82, 2.24) is 9.38 Å². The van der Waals surface area contributed by atoms with Gasteiger partial charge in [0, 0.05) is 24.7 Å². The summed E-state index contributed by atoms with van der Waals surface area (Å²) in [5.41, 5.74) is 0.280. The first-order chi connectivity index (χ1) is 9.58. The van der Waals surface area contributed by atoms with Crippen LogP contribution in [-0.2, 0) is 0 Å². The fraction of sp³-hybridized carbons (Fsp3) is 0.571. The van der Waals surface area contributed by atoms with Gasteiger partial charge in [0.15, 0.2) is 16.5 Å². The van der Waals surface area contributed by atoms with E-state index in [9.17, 15) is 9.90 Å². The minimum Gasteiger partial charge on any atom is -0.476 e. The van der Waals surface area contributed by atoms with E-state index in [1.54, 1.807) is 10.6 Å². The summed E-state index contributed by atoms with van der Waals surface area (Å²) in [6.45, 7) is 2.28. The lowest BCUT2D eigenvalue weighted by molar-refractivity contribution is 0.0690. The lowest BCUT2D eigenvalue weighted by atomic mass is 9.87. The third-order valence-corrected chi connectivity index (χ3v) is 5.07. The van der Waals surface area contributed by atoms with Gasteiger partial charge in [0.1, 0.15) is 0 Å². The Morgan fingerprint density at radius 3 is 2.80 bits per heavy atom. The molecule has 20 heavy (non-hydrogen) atoms. The summed E-state index contributed by atoms with van der Waals surface area (Å²) in [5, 5.41) is 11.3. The van der Waals surface area contributed by atoms with Crippen molar-refractivity contribution in [3.63, 3.8) is 0 Å². The fourth-order valence-electron chi connectivity index (χ4n) is 3.02. The number of nitrogens with zero attached hydrogens (tertiary/aromatic N) is 3. The average molecular weight is 293 g/mol. The Morgan fingerprint density at radius 1 is 1.45 bits per heavy atom. The van der Waals surface area contributed by atoms with Crippen molar-refractivity contribution in [3.05, 3.63) is 17.3 Å². The van der Waals surface area contributed by atoms with Crippen LogP contribution in [0.4, 0.5) is 5.82 Å². The molecular weight excluding hydrogens is 274 g/mol. The molecule has 1 aliphatic rings. The second kappa shape index (κ2) is 5.09. The van der Waals surface area contributed by atoms with Crippen LogP contribution >= 0.6 is 11.3 Å². The van der Waals surface area contributed by atoms with Crippen molar-refractivity contribution in [3.8, 4) is 0 Å². The van der Waals surface area contributed by atoms with E-state index in [0.29, 0.717) is 11.9 Å². The molecule has 0 unspecified atom stereocenters. The van der Waals surface area contributed by atoms with Gasteiger partial charge >= 0.3 is 5.97 Å². The first kappa shape index (κ1) is 13.4. The van der Waals surface area contributed by atoms with E-state index in [2.05, 4.69) is 16.8 Å². The molecule has 0 radical (unpaired) electrons. The topological polar surface area (TPSA) is 57.8 Å². The van der Waals surface area contributed by atoms with Gasteiger partial charge in [-0.15, -0.1) is 11.3 Å². The minimum absolute atomic E-state index is 0.280. The molecule has 2 aromatic rings. The van der Waals surface area contributed by atoms with Crippen LogP contribution in [0.25, 0.3) is 4.96 Å². The van der Waals surface area contributed by atoms with Crippen LogP contribution in [0.5, 0.6) is 0 Å². The summed E-state index contributed by atoms with van der Waals surface area (Å²) in [7, 11) is 1.97. The fourth-order valence-corrected chi connectivity index (χ4v) is 3.73. The number of carboxylic acids is 1. The normalized spacial score (nSPS) is 23.1. The van der Waals surface area contributed by atoms with Crippen molar-refractivity contribution in [2.75, 3.05) is 11.9 Å². The molecule has 0 spiro atoms. The number of carboxylic acid groups (broad SMARTS) is 1. The molecule has 0 saturated heterocycles. The number of aromatic carboxylic acids is 1. The molecule has 0 amide bonds. The highest BCUT2D eigenvalue weighted by atomic mass is 32.1. The van der Waals surface area contributed by atoms with Crippen molar-refractivity contribution < 1.29 is 9.90 Å². The largest absolute Gasteiger partial charge is 0.476 e. The molecule has 0 atom stereocenters. The Hall–Kier alpha value is -1.56. The highest BCUT2D eigenvalue weighted by molar-refractivity contribution is 7.15. The van der Waals surface area contributed by atoms with E-state index >= 15 is 0 Å². The molecule has 2 aromatic heterocycles. The van der Waals surface area contributed by atoms with Gasteiger partial charge in [0.05, 0.1) is 0 Å². The van der Waals surface area contributed by atoms with Gasteiger partial charge < -0.3 is 10.0 Å². The summed E-state index contributed by atoms with van der Waals surface area (Å²) >= 11 is 1.47. The lowest BCUT2D eigenvalue weighted by Crippen LogP contribution is -2.36. The van der Waals surface area contributed by atoms with Gasteiger partial charge in [-0.3, -0.25) is 4.40 Å². The molecule has 3 rings (SSSR count). The first-order valence-electron chi connectivity index (χ1n) is 6.99. The maximum Gasteiger partial charge on any atom is 0.356 e. The minimum atomic E-state index is -0.915. The summed E-state index contributed by atoms with van der Waals surface area (Å²) in [6.07, 6.45) is 6.42. The van der Waals surface area contributed by atoms with Crippen LogP contribution in [0.1, 0.15) is 43.1 Å². The molecule has 0 aliphatic heterocycles. The molecule has 1 saturated carbocycles. The summed E-state index contributed by atoms with van der Waals surface area (Å²) in [5.74, 6) is 0.468. The van der Waals surface area contributed by atoms with Crippen molar-refractivity contribution in [2.24, 2.45) is 5.92 Å². The third kappa shape index (κ3) is 2.18. The van der Waals surface area contributed by atoms with E-state index < -0.39 is 5.97 Å². The molecular formula is C14H19N3O2S. The first-order valence-corrected chi connectivity index (χ1v) is 7.87. The van der Waals surface area contributed by atoms with Crippen LogP contribution in [0.2, 0.25) is 0 Å². The van der Waals surface area contributed by atoms with Gasteiger partial charge in [-0.25, -0.2) is 9.78 Å². The Balaban J connectivity index is 1.94. The molecule has 1 N–H and O–H groups in total. The van der Waals surface area contributed by atoms with Gasteiger partial charge in [-0.1, -0.05) is 6.92 Å². The van der Waals surface area contributed by atoms with Crippen LogP contribution in [0.15, 0.2) is 11.6 Å². The van der Waals surface area contributed by atoms with Crippen LogP contribution < -0.4 is 4.90 Å². The maximum atomic E-state index is 11.6. The number of rotatable bonds is 3.